The van der Waals surface area contributed by atoms with Gasteiger partial charge in [0.25, 0.3) is 0 Å². The molecule has 1 aliphatic heterocycles. The maximum absolute atomic E-state index is 13.4. The lowest BCUT2D eigenvalue weighted by Crippen LogP contribution is -2.38. The maximum Gasteiger partial charge on any atom is 0.225 e. The number of nitrogens with zero attached hydrogens (tertiary/aromatic N) is 1. The van der Waals surface area contributed by atoms with Crippen molar-refractivity contribution in [1.29, 1.82) is 0 Å². The van der Waals surface area contributed by atoms with Gasteiger partial charge in [-0.25, -0.2) is 0 Å². The van der Waals surface area contributed by atoms with Crippen LogP contribution in [0.3, 0.4) is 0 Å². The predicted octanol–water partition coefficient (Wildman–Crippen LogP) is 4.41. The molecule has 0 bridgehead atoms. The monoisotopic (exact) mass is 394 g/mol. The first kappa shape index (κ1) is 20.9. The summed E-state index contributed by atoms with van der Waals surface area (Å²) in [5, 5.41) is 2.95. The summed E-state index contributed by atoms with van der Waals surface area (Å²) in [6.07, 6.45) is 4.46. The van der Waals surface area contributed by atoms with Crippen molar-refractivity contribution in [3.05, 3.63) is 65.7 Å². The van der Waals surface area contributed by atoms with Gasteiger partial charge in [0, 0.05) is 13.5 Å². The lowest BCUT2D eigenvalue weighted by molar-refractivity contribution is -0.134. The summed E-state index contributed by atoms with van der Waals surface area (Å²) in [6.45, 7) is 2.24. The van der Waals surface area contributed by atoms with Crippen LogP contribution >= 0.6 is 0 Å². The Morgan fingerprint density at radius 2 is 1.79 bits per heavy atom. The highest BCUT2D eigenvalue weighted by Gasteiger charge is 2.29. The van der Waals surface area contributed by atoms with Crippen molar-refractivity contribution in [3.63, 3.8) is 0 Å². The molecule has 0 saturated carbocycles. The fourth-order valence-electron chi connectivity index (χ4n) is 4.05. The molecule has 5 heteroatoms. The molecule has 0 aromatic heterocycles. The molecule has 0 unspecified atom stereocenters. The molecule has 1 heterocycles. The molecule has 2 atom stereocenters. The molecule has 1 aliphatic rings. The highest BCUT2D eigenvalue weighted by molar-refractivity contribution is 5.79. The largest absolute Gasteiger partial charge is 0.497 e. The lowest BCUT2D eigenvalue weighted by Gasteiger charge is -2.32. The maximum atomic E-state index is 13.4. The number of benzene rings is 2. The Labute approximate surface area is 173 Å². The predicted molar refractivity (Wildman–Crippen MR) is 114 cm³/mol. The number of rotatable bonds is 6. The fourth-order valence-corrected chi connectivity index (χ4v) is 4.05. The summed E-state index contributed by atoms with van der Waals surface area (Å²) >= 11 is 0. The highest BCUT2D eigenvalue weighted by Crippen LogP contribution is 2.32. The van der Waals surface area contributed by atoms with E-state index in [2.05, 4.69) is 17.4 Å². The number of carbonyl (C=O) groups is 2. The minimum absolute atomic E-state index is 0.0599. The van der Waals surface area contributed by atoms with Crippen LogP contribution in [-0.2, 0) is 9.59 Å². The van der Waals surface area contributed by atoms with Gasteiger partial charge in [-0.2, -0.15) is 0 Å². The van der Waals surface area contributed by atoms with Gasteiger partial charge in [0.05, 0.1) is 25.6 Å². The molecular weight excluding hydrogens is 364 g/mol. The number of likely N-dealkylation sites (tertiary alicyclic amines) is 1. The molecular formula is C24H30N2O3. The summed E-state index contributed by atoms with van der Waals surface area (Å²) in [7, 11) is 1.65. The zero-order valence-electron chi connectivity index (χ0n) is 17.3. The van der Waals surface area contributed by atoms with E-state index in [9.17, 15) is 9.59 Å². The van der Waals surface area contributed by atoms with E-state index in [0.29, 0.717) is 0 Å². The lowest BCUT2D eigenvalue weighted by atomic mass is 9.98. The average Bonchev–Trinajstić information content (AvgIpc) is 3.00. The summed E-state index contributed by atoms with van der Waals surface area (Å²) in [5.74, 6) is 0.764. The number of hydrogen-bond acceptors (Lipinski definition) is 3. The average molecular weight is 395 g/mol. The van der Waals surface area contributed by atoms with Gasteiger partial charge in [0.2, 0.25) is 11.8 Å². The van der Waals surface area contributed by atoms with E-state index in [1.807, 2.05) is 47.4 Å². The van der Waals surface area contributed by atoms with Crippen LogP contribution in [0.4, 0.5) is 0 Å². The second-order valence-electron chi connectivity index (χ2n) is 7.59. The van der Waals surface area contributed by atoms with Gasteiger partial charge in [-0.1, -0.05) is 55.3 Å². The topological polar surface area (TPSA) is 58.6 Å². The Kier molecular flexibility index (Phi) is 7.28. The van der Waals surface area contributed by atoms with Crippen molar-refractivity contribution in [1.82, 2.24) is 10.2 Å². The number of carbonyl (C=O) groups excluding carboxylic acids is 2. The van der Waals surface area contributed by atoms with E-state index in [4.69, 9.17) is 4.74 Å². The van der Waals surface area contributed by atoms with E-state index in [0.717, 1.165) is 49.1 Å². The molecule has 1 N–H and O–H groups in total. The molecule has 0 aliphatic carbocycles. The standard InChI is InChI=1S/C24H30N2O3/c1-18(27)25-22(19-9-5-3-6-10-19)17-24(28)26-16-8-4-7-11-23(26)20-12-14-21(29-2)15-13-20/h3,5-6,9-10,12-15,22-23H,4,7-8,11,16-17H2,1-2H3,(H,25,27)/t22-,23-/m1/s1. The minimum Gasteiger partial charge on any atom is -0.497 e. The number of ether oxygens (including phenoxy) is 1. The van der Waals surface area contributed by atoms with Crippen molar-refractivity contribution >= 4 is 11.8 Å². The van der Waals surface area contributed by atoms with Crippen LogP contribution in [-0.4, -0.2) is 30.4 Å². The van der Waals surface area contributed by atoms with Gasteiger partial charge in [-0.05, 0) is 36.1 Å². The second-order valence-corrected chi connectivity index (χ2v) is 7.59. The molecule has 0 spiro atoms. The van der Waals surface area contributed by atoms with Gasteiger partial charge < -0.3 is 15.0 Å². The first-order valence-corrected chi connectivity index (χ1v) is 10.3. The summed E-state index contributed by atoms with van der Waals surface area (Å²) in [5.41, 5.74) is 2.09. The Bertz CT molecular complexity index is 805. The van der Waals surface area contributed by atoms with E-state index in [1.54, 1.807) is 7.11 Å². The highest BCUT2D eigenvalue weighted by atomic mass is 16.5. The van der Waals surface area contributed by atoms with Crippen LogP contribution in [0.5, 0.6) is 5.75 Å². The Balaban J connectivity index is 1.81. The van der Waals surface area contributed by atoms with Crippen LogP contribution in [0, 0.1) is 0 Å². The number of amides is 2. The van der Waals surface area contributed by atoms with Crippen molar-refractivity contribution < 1.29 is 14.3 Å². The van der Waals surface area contributed by atoms with Crippen molar-refractivity contribution in [2.45, 2.75) is 51.1 Å². The Morgan fingerprint density at radius 3 is 2.45 bits per heavy atom. The summed E-state index contributed by atoms with van der Waals surface area (Å²) < 4.78 is 5.27. The van der Waals surface area contributed by atoms with Crippen LogP contribution in [0.2, 0.25) is 0 Å². The third-order valence-corrected chi connectivity index (χ3v) is 5.53. The van der Waals surface area contributed by atoms with Crippen molar-refractivity contribution in [2.75, 3.05) is 13.7 Å². The number of methoxy groups -OCH3 is 1. The smallest absolute Gasteiger partial charge is 0.225 e. The van der Waals surface area contributed by atoms with Gasteiger partial charge in [0.1, 0.15) is 5.75 Å². The van der Waals surface area contributed by atoms with Crippen molar-refractivity contribution in [3.8, 4) is 5.75 Å². The number of nitrogens with one attached hydrogen (secondary N) is 1. The molecule has 1 saturated heterocycles. The minimum atomic E-state index is -0.319. The van der Waals surface area contributed by atoms with Crippen LogP contribution in [0.1, 0.15) is 62.2 Å². The molecule has 5 nitrogen and oxygen atoms in total. The Hall–Kier alpha value is -2.82. The Morgan fingerprint density at radius 1 is 1.07 bits per heavy atom. The van der Waals surface area contributed by atoms with Crippen molar-refractivity contribution in [2.24, 2.45) is 0 Å². The third kappa shape index (κ3) is 5.59. The molecule has 0 radical (unpaired) electrons. The van der Waals surface area contributed by atoms with Crippen LogP contribution in [0.25, 0.3) is 0 Å². The first-order valence-electron chi connectivity index (χ1n) is 10.3. The van der Waals surface area contributed by atoms with Crippen LogP contribution in [0.15, 0.2) is 54.6 Å². The van der Waals surface area contributed by atoms with Crippen LogP contribution < -0.4 is 10.1 Å². The molecule has 2 aromatic carbocycles. The quantitative estimate of drug-likeness (QED) is 0.790. The second kappa shape index (κ2) is 10.1. The third-order valence-electron chi connectivity index (χ3n) is 5.53. The summed E-state index contributed by atoms with van der Waals surface area (Å²) in [4.78, 5) is 27.1. The first-order chi connectivity index (χ1) is 14.1. The SMILES string of the molecule is COc1ccc([C@H]2CCCCCN2C(=O)C[C@@H](NC(C)=O)c2ccccc2)cc1. The van der Waals surface area contributed by atoms with Gasteiger partial charge in [-0.15, -0.1) is 0 Å². The normalized spacial score (nSPS) is 17.9. The number of hydrogen-bond donors (Lipinski definition) is 1. The molecule has 3 rings (SSSR count). The van der Waals surface area contributed by atoms with E-state index in [1.165, 1.54) is 6.92 Å². The van der Waals surface area contributed by atoms with Gasteiger partial charge >= 0.3 is 0 Å². The van der Waals surface area contributed by atoms with E-state index < -0.39 is 0 Å². The fraction of sp³-hybridized carbons (Fsp3) is 0.417. The molecule has 1 fully saturated rings. The molecule has 2 aromatic rings. The zero-order chi connectivity index (χ0) is 20.6. The van der Waals surface area contributed by atoms with Gasteiger partial charge in [0.15, 0.2) is 0 Å². The molecule has 2 amide bonds. The molecule has 29 heavy (non-hydrogen) atoms. The van der Waals surface area contributed by atoms with E-state index in [-0.39, 0.29) is 30.3 Å². The van der Waals surface area contributed by atoms with E-state index >= 15 is 0 Å². The zero-order valence-corrected chi connectivity index (χ0v) is 17.3. The van der Waals surface area contributed by atoms with Gasteiger partial charge in [-0.3, -0.25) is 9.59 Å². The summed E-state index contributed by atoms with van der Waals surface area (Å²) in [6, 6.07) is 17.5. The molecule has 154 valence electrons.